The first-order chi connectivity index (χ1) is 8.33. The average Bonchev–Trinajstić information content (AvgIpc) is 2.95. The number of fused-ring (bicyclic) bond motifs is 1. The SMILES string of the molecule is Clc1cc2c(cc1/C=N\n1cncn1)OCO2. The average molecular weight is 251 g/mol. The van der Waals surface area contributed by atoms with Crippen LogP contribution in [0.4, 0.5) is 0 Å². The van der Waals surface area contributed by atoms with Gasteiger partial charge in [-0.2, -0.15) is 5.10 Å². The van der Waals surface area contributed by atoms with Crippen LogP contribution in [0.5, 0.6) is 11.5 Å². The molecule has 0 saturated heterocycles. The summed E-state index contributed by atoms with van der Waals surface area (Å²) < 4.78 is 10.5. The van der Waals surface area contributed by atoms with E-state index in [2.05, 4.69) is 15.2 Å². The van der Waals surface area contributed by atoms with Crippen LogP contribution in [-0.2, 0) is 0 Å². The van der Waals surface area contributed by atoms with Crippen molar-refractivity contribution < 1.29 is 9.47 Å². The van der Waals surface area contributed by atoms with E-state index in [4.69, 9.17) is 21.1 Å². The number of hydrogen-bond acceptors (Lipinski definition) is 5. The second-order valence-corrected chi connectivity index (χ2v) is 3.69. The number of ether oxygens (including phenoxy) is 2. The second kappa shape index (κ2) is 4.06. The number of aromatic nitrogens is 3. The first-order valence-corrected chi connectivity index (χ1v) is 5.19. The van der Waals surface area contributed by atoms with Gasteiger partial charge in [0.15, 0.2) is 11.5 Å². The first kappa shape index (κ1) is 10.1. The number of hydrogen-bond donors (Lipinski definition) is 0. The molecule has 17 heavy (non-hydrogen) atoms. The monoisotopic (exact) mass is 250 g/mol. The van der Waals surface area contributed by atoms with Crippen molar-refractivity contribution in [1.29, 1.82) is 0 Å². The van der Waals surface area contributed by atoms with Crippen LogP contribution in [0.2, 0.25) is 5.02 Å². The predicted octanol–water partition coefficient (Wildman–Crippen LogP) is 1.54. The Morgan fingerprint density at radius 2 is 2.18 bits per heavy atom. The lowest BCUT2D eigenvalue weighted by molar-refractivity contribution is 0.174. The van der Waals surface area contributed by atoms with Gasteiger partial charge in [-0.1, -0.05) is 11.6 Å². The Labute approximate surface area is 101 Å². The predicted molar refractivity (Wildman–Crippen MR) is 60.6 cm³/mol. The summed E-state index contributed by atoms with van der Waals surface area (Å²) >= 11 is 6.08. The maximum absolute atomic E-state index is 6.08. The van der Waals surface area contributed by atoms with E-state index in [1.807, 2.05) is 0 Å². The zero-order chi connectivity index (χ0) is 11.7. The molecule has 1 aliphatic rings. The summed E-state index contributed by atoms with van der Waals surface area (Å²) in [5.74, 6) is 1.31. The maximum atomic E-state index is 6.08. The minimum Gasteiger partial charge on any atom is -0.454 e. The van der Waals surface area contributed by atoms with E-state index in [-0.39, 0.29) is 6.79 Å². The topological polar surface area (TPSA) is 61.5 Å². The van der Waals surface area contributed by atoms with Gasteiger partial charge in [0.25, 0.3) is 0 Å². The van der Waals surface area contributed by atoms with Crippen LogP contribution in [0.3, 0.4) is 0 Å². The molecule has 0 saturated carbocycles. The van der Waals surface area contributed by atoms with Gasteiger partial charge in [0.1, 0.15) is 12.7 Å². The van der Waals surface area contributed by atoms with E-state index in [0.29, 0.717) is 16.5 Å². The van der Waals surface area contributed by atoms with E-state index >= 15 is 0 Å². The van der Waals surface area contributed by atoms with Gasteiger partial charge in [-0.3, -0.25) is 0 Å². The van der Waals surface area contributed by atoms with Gasteiger partial charge in [-0.15, -0.1) is 9.89 Å². The van der Waals surface area contributed by atoms with Gasteiger partial charge in [-0.05, 0) is 6.07 Å². The summed E-state index contributed by atoms with van der Waals surface area (Å²) in [6.45, 7) is 0.218. The summed E-state index contributed by atoms with van der Waals surface area (Å²) in [5.41, 5.74) is 0.728. The molecule has 0 atom stereocenters. The Morgan fingerprint density at radius 1 is 1.35 bits per heavy atom. The van der Waals surface area contributed by atoms with Crippen LogP contribution in [0.1, 0.15) is 5.56 Å². The van der Waals surface area contributed by atoms with Crippen molar-refractivity contribution in [2.45, 2.75) is 0 Å². The molecule has 1 aliphatic heterocycles. The van der Waals surface area contributed by atoms with Gasteiger partial charge < -0.3 is 9.47 Å². The highest BCUT2D eigenvalue weighted by atomic mass is 35.5. The third kappa shape index (κ3) is 1.94. The third-order valence-corrected chi connectivity index (χ3v) is 2.54. The number of halogens is 1. The lowest BCUT2D eigenvalue weighted by Crippen LogP contribution is -1.93. The Balaban J connectivity index is 1.93. The molecule has 1 aromatic carbocycles. The molecule has 0 amide bonds. The Kier molecular flexibility index (Phi) is 2.41. The molecule has 86 valence electrons. The van der Waals surface area contributed by atoms with Crippen molar-refractivity contribution in [3.8, 4) is 11.5 Å². The maximum Gasteiger partial charge on any atom is 0.231 e. The molecule has 0 radical (unpaired) electrons. The molecule has 0 N–H and O–H groups in total. The van der Waals surface area contributed by atoms with Crippen LogP contribution < -0.4 is 9.47 Å². The molecule has 0 unspecified atom stereocenters. The number of benzene rings is 1. The quantitative estimate of drug-likeness (QED) is 0.759. The van der Waals surface area contributed by atoms with Crippen LogP contribution >= 0.6 is 11.6 Å². The summed E-state index contributed by atoms with van der Waals surface area (Å²) in [6.07, 6.45) is 4.47. The van der Waals surface area contributed by atoms with Crippen molar-refractivity contribution in [3.63, 3.8) is 0 Å². The molecule has 2 heterocycles. The molecule has 2 aromatic rings. The first-order valence-electron chi connectivity index (χ1n) is 4.81. The molecular weight excluding hydrogens is 244 g/mol. The molecule has 7 heteroatoms. The van der Waals surface area contributed by atoms with E-state index < -0.39 is 0 Å². The van der Waals surface area contributed by atoms with Gasteiger partial charge in [0, 0.05) is 11.6 Å². The van der Waals surface area contributed by atoms with Crippen LogP contribution in [0, 0.1) is 0 Å². The molecule has 0 aliphatic carbocycles. The van der Waals surface area contributed by atoms with E-state index in [1.165, 1.54) is 17.4 Å². The van der Waals surface area contributed by atoms with Crippen molar-refractivity contribution in [2.75, 3.05) is 6.79 Å². The van der Waals surface area contributed by atoms with Crippen LogP contribution in [0.15, 0.2) is 29.9 Å². The standard InChI is InChI=1S/C10H7ClN4O2/c11-8-2-10-9(16-6-17-10)1-7(8)3-13-15-5-12-4-14-15/h1-5H,6H2/b13-3-. The summed E-state index contributed by atoms with van der Waals surface area (Å²) in [7, 11) is 0. The van der Waals surface area contributed by atoms with Gasteiger partial charge in [0.2, 0.25) is 6.79 Å². The normalized spacial score (nSPS) is 13.5. The molecule has 6 nitrogen and oxygen atoms in total. The fourth-order valence-corrected chi connectivity index (χ4v) is 1.62. The lowest BCUT2D eigenvalue weighted by Gasteiger charge is -2.00. The lowest BCUT2D eigenvalue weighted by atomic mass is 10.2. The van der Waals surface area contributed by atoms with Crippen molar-refractivity contribution in [3.05, 3.63) is 35.4 Å². The zero-order valence-electron chi connectivity index (χ0n) is 8.58. The summed E-state index contributed by atoms with van der Waals surface area (Å²) in [4.78, 5) is 5.11. The van der Waals surface area contributed by atoms with E-state index in [9.17, 15) is 0 Å². The van der Waals surface area contributed by atoms with Gasteiger partial charge in [0.05, 0.1) is 11.2 Å². The largest absolute Gasteiger partial charge is 0.454 e. The smallest absolute Gasteiger partial charge is 0.231 e. The highest BCUT2D eigenvalue weighted by Gasteiger charge is 2.15. The highest BCUT2D eigenvalue weighted by Crippen LogP contribution is 2.36. The second-order valence-electron chi connectivity index (χ2n) is 3.29. The summed E-state index contributed by atoms with van der Waals surface area (Å²) in [5, 5.41) is 8.44. The van der Waals surface area contributed by atoms with Crippen molar-refractivity contribution in [2.24, 2.45) is 5.10 Å². The Bertz CT molecular complexity index is 568. The van der Waals surface area contributed by atoms with Crippen LogP contribution in [0.25, 0.3) is 0 Å². The van der Waals surface area contributed by atoms with Crippen molar-refractivity contribution >= 4 is 17.8 Å². The number of rotatable bonds is 2. The van der Waals surface area contributed by atoms with E-state index in [1.54, 1.807) is 18.3 Å². The minimum atomic E-state index is 0.218. The van der Waals surface area contributed by atoms with E-state index in [0.717, 1.165) is 5.56 Å². The van der Waals surface area contributed by atoms with Gasteiger partial charge >= 0.3 is 0 Å². The zero-order valence-corrected chi connectivity index (χ0v) is 9.33. The molecular formula is C10H7ClN4O2. The minimum absolute atomic E-state index is 0.218. The molecule has 0 fully saturated rings. The third-order valence-electron chi connectivity index (χ3n) is 2.21. The van der Waals surface area contributed by atoms with Crippen molar-refractivity contribution in [1.82, 2.24) is 14.9 Å². The van der Waals surface area contributed by atoms with Gasteiger partial charge in [-0.25, -0.2) is 4.98 Å². The Hall–Kier alpha value is -2.08. The molecule has 1 aromatic heterocycles. The fourth-order valence-electron chi connectivity index (χ4n) is 1.41. The molecule has 3 rings (SSSR count). The Morgan fingerprint density at radius 3 is 2.94 bits per heavy atom. The molecule has 0 bridgehead atoms. The molecule has 0 spiro atoms. The number of nitrogens with zero attached hydrogens (tertiary/aromatic N) is 4. The summed E-state index contributed by atoms with van der Waals surface area (Å²) in [6, 6.07) is 3.47. The van der Waals surface area contributed by atoms with Crippen LogP contribution in [-0.4, -0.2) is 27.9 Å². The highest BCUT2D eigenvalue weighted by molar-refractivity contribution is 6.33. The fraction of sp³-hybridized carbons (Fsp3) is 0.100.